The van der Waals surface area contributed by atoms with E-state index in [0.29, 0.717) is 11.1 Å². The van der Waals surface area contributed by atoms with Gasteiger partial charge in [0.2, 0.25) is 5.91 Å². The molecule has 30 heavy (non-hydrogen) atoms. The lowest BCUT2D eigenvalue weighted by Crippen LogP contribution is -2.47. The van der Waals surface area contributed by atoms with Gasteiger partial charge in [-0.15, -0.1) is 0 Å². The quantitative estimate of drug-likeness (QED) is 0.672. The Morgan fingerprint density at radius 2 is 1.87 bits per heavy atom. The van der Waals surface area contributed by atoms with Gasteiger partial charge < -0.3 is 16.0 Å². The lowest BCUT2D eigenvalue weighted by Gasteiger charge is -2.38. The van der Waals surface area contributed by atoms with Crippen molar-refractivity contribution >= 4 is 17.5 Å². The van der Waals surface area contributed by atoms with Gasteiger partial charge in [-0.1, -0.05) is 26.2 Å². The second-order valence-corrected chi connectivity index (χ2v) is 8.29. The number of amides is 2. The Morgan fingerprint density at radius 3 is 2.47 bits per heavy atom. The number of primary amides is 1. The number of benzene rings is 1. The summed E-state index contributed by atoms with van der Waals surface area (Å²) in [4.78, 5) is 30.2. The molecule has 1 aliphatic heterocycles. The maximum Gasteiger partial charge on any atom is 0.254 e. The predicted molar refractivity (Wildman–Crippen MR) is 118 cm³/mol. The zero-order valence-corrected chi connectivity index (χ0v) is 18.0. The van der Waals surface area contributed by atoms with Gasteiger partial charge in [-0.25, -0.2) is 0 Å². The van der Waals surface area contributed by atoms with Gasteiger partial charge in [0.25, 0.3) is 5.91 Å². The Bertz CT molecular complexity index is 803. The Morgan fingerprint density at radius 1 is 1.17 bits per heavy atom. The van der Waals surface area contributed by atoms with Crippen LogP contribution < -0.4 is 16.0 Å². The molecule has 0 spiro atoms. The SMILES string of the molecule is CCCN1CCN(c2ccc(C(N)=O)c(C3CCCCC3)c2C(=O)NCC#N)CC1. The maximum absolute atomic E-state index is 13.2. The van der Waals surface area contributed by atoms with Gasteiger partial charge in [0.1, 0.15) is 6.54 Å². The van der Waals surface area contributed by atoms with Gasteiger partial charge in [0.15, 0.2) is 0 Å². The number of carbonyl (C=O) groups excluding carboxylic acids is 2. The van der Waals surface area contributed by atoms with E-state index in [-0.39, 0.29) is 18.4 Å². The second kappa shape index (κ2) is 10.4. The van der Waals surface area contributed by atoms with Crippen LogP contribution >= 0.6 is 0 Å². The highest BCUT2D eigenvalue weighted by atomic mass is 16.2. The first-order valence-corrected chi connectivity index (χ1v) is 11.2. The molecule has 1 aromatic rings. The first kappa shape index (κ1) is 22.1. The molecule has 1 heterocycles. The maximum atomic E-state index is 13.2. The second-order valence-electron chi connectivity index (χ2n) is 8.29. The fraction of sp³-hybridized carbons (Fsp3) is 0.609. The summed E-state index contributed by atoms with van der Waals surface area (Å²) in [5.41, 5.74) is 8.35. The summed E-state index contributed by atoms with van der Waals surface area (Å²) in [6, 6.07) is 5.64. The van der Waals surface area contributed by atoms with Crippen LogP contribution in [0.25, 0.3) is 0 Å². The smallest absolute Gasteiger partial charge is 0.254 e. The van der Waals surface area contributed by atoms with Gasteiger partial charge >= 0.3 is 0 Å². The van der Waals surface area contributed by atoms with Crippen molar-refractivity contribution in [3.05, 3.63) is 28.8 Å². The van der Waals surface area contributed by atoms with Crippen LogP contribution in [0.15, 0.2) is 12.1 Å². The molecule has 2 aliphatic rings. The number of nitrogens with two attached hydrogens (primary N) is 1. The van der Waals surface area contributed by atoms with Crippen molar-refractivity contribution < 1.29 is 9.59 Å². The van der Waals surface area contributed by atoms with Crippen molar-refractivity contribution in [2.24, 2.45) is 5.73 Å². The van der Waals surface area contributed by atoms with E-state index in [9.17, 15) is 9.59 Å². The molecular formula is C23H33N5O2. The fourth-order valence-corrected chi connectivity index (χ4v) is 4.88. The summed E-state index contributed by atoms with van der Waals surface area (Å²) in [6.45, 7) is 6.76. The number of anilines is 1. The average molecular weight is 412 g/mol. The van der Waals surface area contributed by atoms with Crippen molar-refractivity contribution in [1.29, 1.82) is 5.26 Å². The number of hydrogen-bond donors (Lipinski definition) is 2. The molecule has 7 nitrogen and oxygen atoms in total. The van der Waals surface area contributed by atoms with Crippen molar-refractivity contribution in [2.45, 2.75) is 51.4 Å². The first-order chi connectivity index (χ1) is 14.6. The number of nitrogens with one attached hydrogen (secondary N) is 1. The molecule has 1 aliphatic carbocycles. The molecule has 2 fully saturated rings. The third-order valence-corrected chi connectivity index (χ3v) is 6.31. The van der Waals surface area contributed by atoms with E-state index in [1.807, 2.05) is 12.1 Å². The number of nitrogens with zero attached hydrogens (tertiary/aromatic N) is 3. The largest absolute Gasteiger partial charge is 0.368 e. The molecule has 1 saturated carbocycles. The van der Waals surface area contributed by atoms with Crippen LogP contribution in [0.5, 0.6) is 0 Å². The highest BCUT2D eigenvalue weighted by Gasteiger charge is 2.31. The average Bonchev–Trinajstić information content (AvgIpc) is 2.77. The van der Waals surface area contributed by atoms with Crippen molar-refractivity contribution in [3.63, 3.8) is 0 Å². The van der Waals surface area contributed by atoms with Crippen molar-refractivity contribution in [2.75, 3.05) is 44.2 Å². The molecule has 0 atom stereocenters. The number of nitriles is 1. The minimum absolute atomic E-state index is 0.0620. The van der Waals surface area contributed by atoms with E-state index in [0.717, 1.165) is 76.1 Å². The highest BCUT2D eigenvalue weighted by molar-refractivity contribution is 6.06. The van der Waals surface area contributed by atoms with Gasteiger partial charge in [-0.2, -0.15) is 5.26 Å². The van der Waals surface area contributed by atoms with Crippen LogP contribution in [0.3, 0.4) is 0 Å². The highest BCUT2D eigenvalue weighted by Crippen LogP contribution is 2.40. The van der Waals surface area contributed by atoms with E-state index in [4.69, 9.17) is 11.0 Å². The summed E-state index contributed by atoms with van der Waals surface area (Å²) in [5, 5.41) is 11.7. The fourth-order valence-electron chi connectivity index (χ4n) is 4.88. The topological polar surface area (TPSA) is 102 Å². The van der Waals surface area contributed by atoms with E-state index >= 15 is 0 Å². The lowest BCUT2D eigenvalue weighted by molar-refractivity contribution is 0.0957. The molecule has 1 aromatic carbocycles. The zero-order chi connectivity index (χ0) is 21.5. The number of rotatable bonds is 7. The van der Waals surface area contributed by atoms with Gasteiger partial charge in [-0.05, 0) is 49.4 Å². The Labute approximate surface area is 179 Å². The molecule has 0 unspecified atom stereocenters. The normalized spacial score (nSPS) is 18.1. The lowest BCUT2D eigenvalue weighted by atomic mass is 9.79. The molecule has 0 aromatic heterocycles. The zero-order valence-electron chi connectivity index (χ0n) is 18.0. The van der Waals surface area contributed by atoms with E-state index in [2.05, 4.69) is 22.0 Å². The molecular weight excluding hydrogens is 378 g/mol. The standard InChI is InChI=1S/C23H33N5O2/c1-2-12-27-13-15-28(16-14-27)19-9-8-18(22(25)29)20(17-6-4-3-5-7-17)21(19)23(30)26-11-10-24/h8-9,17H,2-7,11-16H2,1H3,(H2,25,29)(H,26,30). The number of piperazine rings is 1. The number of hydrogen-bond acceptors (Lipinski definition) is 5. The molecule has 2 amide bonds. The van der Waals surface area contributed by atoms with Crippen molar-refractivity contribution in [3.8, 4) is 6.07 Å². The summed E-state index contributed by atoms with van der Waals surface area (Å²) in [6.07, 6.45) is 6.38. The van der Waals surface area contributed by atoms with Gasteiger partial charge in [-0.3, -0.25) is 14.5 Å². The summed E-state index contributed by atoms with van der Waals surface area (Å²) >= 11 is 0. The predicted octanol–water partition coefficient (Wildman–Crippen LogP) is 2.62. The molecule has 0 bridgehead atoms. The Hall–Kier alpha value is -2.59. The monoisotopic (exact) mass is 411 g/mol. The van der Waals surface area contributed by atoms with Crippen LogP contribution in [-0.2, 0) is 0 Å². The number of carbonyl (C=O) groups is 2. The van der Waals surface area contributed by atoms with E-state index < -0.39 is 5.91 Å². The minimum atomic E-state index is -0.496. The molecule has 3 rings (SSSR count). The molecule has 1 saturated heterocycles. The van der Waals surface area contributed by atoms with E-state index in [1.165, 1.54) is 6.42 Å². The Balaban J connectivity index is 2.04. The molecule has 0 radical (unpaired) electrons. The minimum Gasteiger partial charge on any atom is -0.368 e. The summed E-state index contributed by atoms with van der Waals surface area (Å²) < 4.78 is 0. The van der Waals surface area contributed by atoms with Crippen LogP contribution in [0.1, 0.15) is 77.6 Å². The third kappa shape index (κ3) is 4.93. The molecule has 7 heteroatoms. The molecule has 162 valence electrons. The van der Waals surface area contributed by atoms with E-state index in [1.54, 1.807) is 6.07 Å². The Kier molecular flexibility index (Phi) is 7.69. The van der Waals surface area contributed by atoms with Crippen LogP contribution in [0, 0.1) is 11.3 Å². The van der Waals surface area contributed by atoms with Gasteiger partial charge in [0.05, 0.1) is 11.6 Å². The van der Waals surface area contributed by atoms with Gasteiger partial charge in [0, 0.05) is 37.4 Å². The summed E-state index contributed by atoms with van der Waals surface area (Å²) in [5.74, 6) is -0.638. The van der Waals surface area contributed by atoms with Crippen LogP contribution in [0.2, 0.25) is 0 Å². The molecule has 3 N–H and O–H groups in total. The third-order valence-electron chi connectivity index (χ3n) is 6.31. The summed E-state index contributed by atoms with van der Waals surface area (Å²) in [7, 11) is 0. The van der Waals surface area contributed by atoms with Crippen LogP contribution in [0.4, 0.5) is 5.69 Å². The first-order valence-electron chi connectivity index (χ1n) is 11.2. The van der Waals surface area contributed by atoms with Crippen LogP contribution in [-0.4, -0.2) is 56.0 Å². The van der Waals surface area contributed by atoms with Crippen molar-refractivity contribution in [1.82, 2.24) is 10.2 Å².